The predicted molar refractivity (Wildman–Crippen MR) is 39.0 cm³/mol. The van der Waals surface area contributed by atoms with E-state index in [0.717, 1.165) is 0 Å². The van der Waals surface area contributed by atoms with Crippen LogP contribution in [0.25, 0.3) is 0 Å². The molecule has 52 valence electrons. The summed E-state index contributed by atoms with van der Waals surface area (Å²) in [6.45, 7) is 0. The molecule has 10 heavy (non-hydrogen) atoms. The Kier molecular flexibility index (Phi) is 2.06. The number of thiol groups is 1. The zero-order valence-corrected chi connectivity index (χ0v) is 5.94. The standard InChI is InChI=1S/C7H5FOS/c8-7-3-6(10)2-1-5(7)4-9/h1-4,10H. The van der Waals surface area contributed by atoms with Crippen LogP contribution < -0.4 is 0 Å². The van der Waals surface area contributed by atoms with Crippen molar-refractivity contribution < 1.29 is 9.18 Å². The molecule has 1 aromatic carbocycles. The van der Waals surface area contributed by atoms with Crippen LogP contribution in [0.5, 0.6) is 0 Å². The number of benzene rings is 1. The number of hydrogen-bond donors (Lipinski definition) is 1. The third-order valence-corrected chi connectivity index (χ3v) is 1.39. The molecule has 0 atom stereocenters. The average Bonchev–Trinajstić information content (AvgIpc) is 1.88. The van der Waals surface area contributed by atoms with Crippen molar-refractivity contribution >= 4 is 18.9 Å². The largest absolute Gasteiger partial charge is 0.298 e. The summed E-state index contributed by atoms with van der Waals surface area (Å²) >= 11 is 3.88. The summed E-state index contributed by atoms with van der Waals surface area (Å²) in [5.74, 6) is -0.525. The highest BCUT2D eigenvalue weighted by Crippen LogP contribution is 2.10. The lowest BCUT2D eigenvalue weighted by atomic mass is 10.2. The highest BCUT2D eigenvalue weighted by Gasteiger charge is 1.98. The Morgan fingerprint density at radius 2 is 2.20 bits per heavy atom. The molecule has 0 aliphatic carbocycles. The van der Waals surface area contributed by atoms with Crippen molar-refractivity contribution in [3.8, 4) is 0 Å². The first-order valence-corrected chi connectivity index (χ1v) is 3.12. The predicted octanol–water partition coefficient (Wildman–Crippen LogP) is 1.93. The highest BCUT2D eigenvalue weighted by molar-refractivity contribution is 7.80. The van der Waals surface area contributed by atoms with E-state index in [0.29, 0.717) is 11.2 Å². The van der Waals surface area contributed by atoms with Gasteiger partial charge in [0.25, 0.3) is 0 Å². The lowest BCUT2D eigenvalue weighted by molar-refractivity contribution is 0.111. The zero-order valence-electron chi connectivity index (χ0n) is 5.04. The number of carbonyl (C=O) groups is 1. The Bertz CT molecular complexity index is 260. The van der Waals surface area contributed by atoms with Gasteiger partial charge < -0.3 is 0 Å². The van der Waals surface area contributed by atoms with Gasteiger partial charge in [0.1, 0.15) is 5.82 Å². The molecule has 0 bridgehead atoms. The monoisotopic (exact) mass is 156 g/mol. The third-order valence-electron chi connectivity index (χ3n) is 1.11. The number of carbonyl (C=O) groups excluding carboxylic acids is 1. The first-order chi connectivity index (χ1) is 4.74. The van der Waals surface area contributed by atoms with E-state index in [1.807, 2.05) is 0 Å². The van der Waals surface area contributed by atoms with E-state index in [-0.39, 0.29) is 5.56 Å². The van der Waals surface area contributed by atoms with Gasteiger partial charge in [0.15, 0.2) is 6.29 Å². The highest BCUT2D eigenvalue weighted by atomic mass is 32.1. The second-order valence-electron chi connectivity index (χ2n) is 1.82. The molecule has 1 aromatic rings. The van der Waals surface area contributed by atoms with E-state index in [4.69, 9.17) is 0 Å². The maximum absolute atomic E-state index is 12.6. The van der Waals surface area contributed by atoms with Gasteiger partial charge in [0, 0.05) is 4.90 Å². The van der Waals surface area contributed by atoms with Gasteiger partial charge in [-0.25, -0.2) is 4.39 Å². The molecule has 3 heteroatoms. The first kappa shape index (κ1) is 7.28. The summed E-state index contributed by atoms with van der Waals surface area (Å²) in [5.41, 5.74) is 0.0674. The van der Waals surface area contributed by atoms with Gasteiger partial charge in [-0.2, -0.15) is 0 Å². The molecule has 0 saturated heterocycles. The lowest BCUT2D eigenvalue weighted by Crippen LogP contribution is -1.85. The Morgan fingerprint density at radius 3 is 2.70 bits per heavy atom. The van der Waals surface area contributed by atoms with Gasteiger partial charge in [-0.1, -0.05) is 0 Å². The smallest absolute Gasteiger partial charge is 0.152 e. The van der Waals surface area contributed by atoms with E-state index in [9.17, 15) is 9.18 Å². The van der Waals surface area contributed by atoms with Gasteiger partial charge in [0.05, 0.1) is 5.56 Å². The molecule has 0 heterocycles. The Morgan fingerprint density at radius 1 is 1.50 bits per heavy atom. The summed E-state index contributed by atoms with van der Waals surface area (Å²) in [4.78, 5) is 10.6. The fourth-order valence-corrected chi connectivity index (χ4v) is 0.800. The molecule has 0 aromatic heterocycles. The minimum absolute atomic E-state index is 0.0674. The van der Waals surface area contributed by atoms with E-state index in [1.165, 1.54) is 12.1 Å². The van der Waals surface area contributed by atoms with Crippen LogP contribution in [0.4, 0.5) is 4.39 Å². The van der Waals surface area contributed by atoms with Crippen molar-refractivity contribution in [3.63, 3.8) is 0 Å². The van der Waals surface area contributed by atoms with Crippen molar-refractivity contribution in [2.24, 2.45) is 0 Å². The van der Waals surface area contributed by atoms with Gasteiger partial charge >= 0.3 is 0 Å². The van der Waals surface area contributed by atoms with Gasteiger partial charge in [-0.15, -0.1) is 12.6 Å². The van der Waals surface area contributed by atoms with Crippen molar-refractivity contribution in [3.05, 3.63) is 29.6 Å². The van der Waals surface area contributed by atoms with Gasteiger partial charge in [0.2, 0.25) is 0 Å². The second-order valence-corrected chi connectivity index (χ2v) is 2.34. The van der Waals surface area contributed by atoms with Crippen molar-refractivity contribution in [1.82, 2.24) is 0 Å². The topological polar surface area (TPSA) is 17.1 Å². The Balaban J connectivity index is 3.19. The van der Waals surface area contributed by atoms with Crippen LogP contribution in [-0.2, 0) is 0 Å². The minimum Gasteiger partial charge on any atom is -0.298 e. The second kappa shape index (κ2) is 2.84. The SMILES string of the molecule is O=Cc1ccc(S)cc1F. The molecular formula is C7H5FOS. The summed E-state index contributed by atoms with van der Waals surface area (Å²) in [7, 11) is 0. The fraction of sp³-hybridized carbons (Fsp3) is 0. The van der Waals surface area contributed by atoms with Crippen LogP contribution in [0.15, 0.2) is 23.1 Å². The molecule has 0 unspecified atom stereocenters. The molecule has 0 N–H and O–H groups in total. The Hall–Kier alpha value is -0.830. The van der Waals surface area contributed by atoms with E-state index in [1.54, 1.807) is 6.07 Å². The number of rotatable bonds is 1. The first-order valence-electron chi connectivity index (χ1n) is 2.68. The van der Waals surface area contributed by atoms with Crippen molar-refractivity contribution in [1.29, 1.82) is 0 Å². The average molecular weight is 156 g/mol. The normalized spacial score (nSPS) is 9.40. The van der Waals surface area contributed by atoms with E-state index >= 15 is 0 Å². The molecule has 0 amide bonds. The van der Waals surface area contributed by atoms with Crippen LogP contribution in [0.1, 0.15) is 10.4 Å². The maximum Gasteiger partial charge on any atom is 0.152 e. The summed E-state index contributed by atoms with van der Waals surface area (Å²) < 4.78 is 12.6. The van der Waals surface area contributed by atoms with Crippen LogP contribution in [0, 0.1) is 5.82 Å². The Labute approximate surface area is 63.3 Å². The summed E-state index contributed by atoms with van der Waals surface area (Å²) in [6.07, 6.45) is 0.475. The molecule has 0 fully saturated rings. The van der Waals surface area contributed by atoms with Crippen LogP contribution in [-0.4, -0.2) is 6.29 Å². The zero-order chi connectivity index (χ0) is 7.56. The molecule has 1 nitrogen and oxygen atoms in total. The van der Waals surface area contributed by atoms with Gasteiger partial charge in [-0.3, -0.25) is 4.79 Å². The van der Waals surface area contributed by atoms with Crippen LogP contribution in [0.3, 0.4) is 0 Å². The molecule has 0 radical (unpaired) electrons. The quantitative estimate of drug-likeness (QED) is 0.485. The van der Waals surface area contributed by atoms with E-state index < -0.39 is 5.82 Å². The molecule has 1 rings (SSSR count). The summed E-state index contributed by atoms with van der Waals surface area (Å²) in [5, 5.41) is 0. The van der Waals surface area contributed by atoms with E-state index in [2.05, 4.69) is 12.6 Å². The number of halogens is 1. The summed E-state index contributed by atoms with van der Waals surface area (Å²) in [6, 6.07) is 4.16. The third kappa shape index (κ3) is 1.36. The lowest BCUT2D eigenvalue weighted by Gasteiger charge is -1.93. The van der Waals surface area contributed by atoms with Crippen molar-refractivity contribution in [2.75, 3.05) is 0 Å². The van der Waals surface area contributed by atoms with Crippen molar-refractivity contribution in [2.45, 2.75) is 4.90 Å². The van der Waals surface area contributed by atoms with Gasteiger partial charge in [-0.05, 0) is 18.2 Å². The fourth-order valence-electron chi connectivity index (χ4n) is 0.612. The molecular weight excluding hydrogens is 151 g/mol. The molecule has 0 spiro atoms. The maximum atomic E-state index is 12.6. The van der Waals surface area contributed by atoms with Crippen LogP contribution >= 0.6 is 12.6 Å². The number of aldehydes is 1. The van der Waals surface area contributed by atoms with Crippen LogP contribution in [0.2, 0.25) is 0 Å². The molecule has 0 aliphatic heterocycles. The number of hydrogen-bond acceptors (Lipinski definition) is 2. The molecule has 0 aliphatic rings. The molecule has 0 saturated carbocycles. The minimum atomic E-state index is -0.525.